The van der Waals surface area contributed by atoms with Gasteiger partial charge in [-0.2, -0.15) is 0 Å². The fourth-order valence-electron chi connectivity index (χ4n) is 1.57. The number of carbonyl (C=O) groups excluding carboxylic acids is 2. The third-order valence-electron chi connectivity index (χ3n) is 2.52. The van der Waals surface area contributed by atoms with E-state index < -0.39 is 0 Å². The van der Waals surface area contributed by atoms with E-state index in [1.807, 2.05) is 0 Å². The van der Waals surface area contributed by atoms with Crippen LogP contribution in [0.25, 0.3) is 0 Å². The molecule has 18 heavy (non-hydrogen) atoms. The molecule has 3 N–H and O–H groups in total. The van der Waals surface area contributed by atoms with Crippen LogP contribution in [-0.4, -0.2) is 25.7 Å². The van der Waals surface area contributed by atoms with Crippen LogP contribution >= 0.6 is 0 Å². The Bertz CT molecular complexity index is 368. The SMILES string of the molecule is C1CCNCC1.Nc1cccc([C-]=O)c1[C-]=O.[Na+]. The van der Waals surface area contributed by atoms with Gasteiger partial charge in [0, 0.05) is 0 Å². The average Bonchev–Trinajstić information content (AvgIpc) is 2.41. The van der Waals surface area contributed by atoms with Gasteiger partial charge >= 0.3 is 29.6 Å². The van der Waals surface area contributed by atoms with Gasteiger partial charge in [-0.25, -0.2) is 11.6 Å². The van der Waals surface area contributed by atoms with Crippen LogP contribution in [0, 0.1) is 0 Å². The Kier molecular flexibility index (Phi) is 9.87. The van der Waals surface area contributed by atoms with E-state index in [0.717, 1.165) is 0 Å². The maximum absolute atomic E-state index is 10.2. The summed E-state index contributed by atoms with van der Waals surface area (Å²) in [6.45, 7) is 2.50. The monoisotopic (exact) mass is 255 g/mol. The molecule has 92 valence electrons. The first-order valence-corrected chi connectivity index (χ1v) is 5.65. The van der Waals surface area contributed by atoms with E-state index in [4.69, 9.17) is 5.73 Å². The zero-order valence-electron chi connectivity index (χ0n) is 10.7. The molecule has 1 aromatic rings. The first kappa shape index (κ1) is 17.3. The van der Waals surface area contributed by atoms with E-state index in [9.17, 15) is 9.59 Å². The number of benzene rings is 1. The standard InChI is InChI=1S/C8H5NO2.C5H11N.Na/c9-8-3-1-2-6(4-10)7(8)5-11;1-2-4-6-5-3-1;/h1-3H,9H2;6H,1-5H2;/q-2;;+1. The number of nitrogen functional groups attached to an aromatic ring is 1. The summed E-state index contributed by atoms with van der Waals surface area (Å²) in [5.41, 5.74) is 5.86. The molecule has 0 bridgehead atoms. The molecular formula is C13H16N2NaO2-. The van der Waals surface area contributed by atoms with Crippen LogP contribution in [0.4, 0.5) is 5.69 Å². The largest absolute Gasteiger partial charge is 1.00 e. The molecule has 0 spiro atoms. The van der Waals surface area contributed by atoms with Gasteiger partial charge in [0.25, 0.3) is 0 Å². The summed E-state index contributed by atoms with van der Waals surface area (Å²) in [6, 6.07) is 4.57. The van der Waals surface area contributed by atoms with Gasteiger partial charge in [0.05, 0.1) is 0 Å². The smallest absolute Gasteiger partial charge is 0.459 e. The van der Waals surface area contributed by atoms with Gasteiger partial charge in [-0.1, -0.05) is 6.42 Å². The molecular weight excluding hydrogens is 239 g/mol. The van der Waals surface area contributed by atoms with Gasteiger partial charge in [-0.05, 0) is 38.5 Å². The number of hydrogen-bond acceptors (Lipinski definition) is 4. The van der Waals surface area contributed by atoms with Gasteiger partial charge in [0.1, 0.15) is 0 Å². The second-order valence-electron chi connectivity index (χ2n) is 3.78. The van der Waals surface area contributed by atoms with Crippen molar-refractivity contribution in [3.63, 3.8) is 0 Å². The summed E-state index contributed by atoms with van der Waals surface area (Å²) in [5.74, 6) is 0. The second kappa shape index (κ2) is 10.3. The Hall–Kier alpha value is -0.680. The van der Waals surface area contributed by atoms with Gasteiger partial charge in [0.15, 0.2) is 0 Å². The quantitative estimate of drug-likeness (QED) is 0.362. The predicted molar refractivity (Wildman–Crippen MR) is 67.2 cm³/mol. The number of hydrogen-bond donors (Lipinski definition) is 2. The van der Waals surface area contributed by atoms with E-state index in [1.54, 1.807) is 18.6 Å². The van der Waals surface area contributed by atoms with Crippen molar-refractivity contribution < 1.29 is 39.1 Å². The van der Waals surface area contributed by atoms with Crippen LogP contribution in [0.3, 0.4) is 0 Å². The molecule has 1 aromatic carbocycles. The third-order valence-corrected chi connectivity index (χ3v) is 2.52. The molecule has 2 rings (SSSR count). The van der Waals surface area contributed by atoms with E-state index in [1.165, 1.54) is 44.5 Å². The van der Waals surface area contributed by atoms with Crippen LogP contribution < -0.4 is 40.6 Å². The third kappa shape index (κ3) is 5.78. The predicted octanol–water partition coefficient (Wildman–Crippen LogP) is -2.05. The van der Waals surface area contributed by atoms with Crippen LogP contribution in [0.1, 0.15) is 30.4 Å². The number of nitrogens with one attached hydrogen (secondary N) is 1. The summed E-state index contributed by atoms with van der Waals surface area (Å²) < 4.78 is 0. The number of anilines is 1. The number of nitrogens with two attached hydrogens (primary N) is 1. The fraction of sp³-hybridized carbons (Fsp3) is 0.385. The molecule has 0 saturated carbocycles. The van der Waals surface area contributed by atoms with Crippen LogP contribution in [-0.2, 0) is 9.59 Å². The van der Waals surface area contributed by atoms with E-state index in [0.29, 0.717) is 0 Å². The average molecular weight is 255 g/mol. The summed E-state index contributed by atoms with van der Waals surface area (Å²) in [5, 5.41) is 3.28. The Morgan fingerprint density at radius 1 is 1.06 bits per heavy atom. The Balaban J connectivity index is 0.000000352. The first-order valence-electron chi connectivity index (χ1n) is 5.65. The maximum Gasteiger partial charge on any atom is 1.00 e. The van der Waals surface area contributed by atoms with Crippen molar-refractivity contribution in [2.24, 2.45) is 0 Å². The van der Waals surface area contributed by atoms with Crippen LogP contribution in [0.15, 0.2) is 18.2 Å². The van der Waals surface area contributed by atoms with Crippen molar-refractivity contribution in [2.75, 3.05) is 18.8 Å². The summed E-state index contributed by atoms with van der Waals surface area (Å²) in [7, 11) is 0. The van der Waals surface area contributed by atoms with Crippen LogP contribution in [0.2, 0.25) is 0 Å². The zero-order valence-corrected chi connectivity index (χ0v) is 12.7. The molecule has 1 fully saturated rings. The minimum absolute atomic E-state index is 0. The number of piperidine rings is 1. The Morgan fingerprint density at radius 3 is 2.06 bits per heavy atom. The molecule has 1 heterocycles. The van der Waals surface area contributed by atoms with Crippen molar-refractivity contribution in [3.8, 4) is 0 Å². The molecule has 0 aromatic heterocycles. The molecule has 0 atom stereocenters. The topological polar surface area (TPSA) is 72.2 Å². The molecule has 0 aliphatic carbocycles. The summed E-state index contributed by atoms with van der Waals surface area (Å²) in [6.07, 6.45) is 7.39. The van der Waals surface area contributed by atoms with Gasteiger partial charge < -0.3 is 20.6 Å². The van der Waals surface area contributed by atoms with Crippen molar-refractivity contribution >= 4 is 18.3 Å². The minimum atomic E-state index is 0. The molecule has 5 heteroatoms. The van der Waals surface area contributed by atoms with Crippen molar-refractivity contribution in [1.82, 2.24) is 5.32 Å². The molecule has 1 aliphatic rings. The Morgan fingerprint density at radius 2 is 1.72 bits per heavy atom. The summed E-state index contributed by atoms with van der Waals surface area (Å²) >= 11 is 0. The molecule has 0 unspecified atom stereocenters. The minimum Gasteiger partial charge on any atom is -0.459 e. The molecule has 0 radical (unpaired) electrons. The molecule has 0 amide bonds. The van der Waals surface area contributed by atoms with Crippen molar-refractivity contribution in [1.29, 1.82) is 0 Å². The fourth-order valence-corrected chi connectivity index (χ4v) is 1.57. The van der Waals surface area contributed by atoms with Crippen molar-refractivity contribution in [3.05, 3.63) is 29.3 Å². The Labute approximate surface area is 130 Å². The van der Waals surface area contributed by atoms with Gasteiger partial charge in [-0.3, -0.25) is 5.56 Å². The van der Waals surface area contributed by atoms with Crippen molar-refractivity contribution in [2.45, 2.75) is 19.3 Å². The second-order valence-corrected chi connectivity index (χ2v) is 3.78. The van der Waals surface area contributed by atoms with Crippen LogP contribution in [0.5, 0.6) is 0 Å². The summed E-state index contributed by atoms with van der Waals surface area (Å²) in [4.78, 5) is 20.4. The number of rotatable bonds is 2. The molecule has 1 saturated heterocycles. The maximum atomic E-state index is 10.2. The first-order chi connectivity index (χ1) is 8.29. The molecule has 4 nitrogen and oxygen atoms in total. The van der Waals surface area contributed by atoms with E-state index in [-0.39, 0.29) is 46.4 Å². The van der Waals surface area contributed by atoms with Gasteiger partial charge in [0.2, 0.25) is 0 Å². The van der Waals surface area contributed by atoms with E-state index in [2.05, 4.69) is 5.32 Å². The van der Waals surface area contributed by atoms with Gasteiger partial charge in [-0.15, -0.1) is 17.8 Å². The van der Waals surface area contributed by atoms with E-state index >= 15 is 0 Å². The normalized spacial score (nSPS) is 13.6. The zero-order chi connectivity index (χ0) is 12.5. The molecule has 1 aliphatic heterocycles.